The minimum Gasteiger partial charge on any atom is -0.367 e. The number of aryl methyl sites for hydroxylation is 1. The number of nitrogens with zero attached hydrogens (tertiary/aromatic N) is 4. The molecule has 3 N–H and O–H groups in total. The number of nitrogens with two attached hydrogens (primary N) is 1. The molecule has 0 aromatic carbocycles. The topological polar surface area (TPSA) is 108 Å². The molecule has 2 amide bonds. The molecule has 2 aliphatic heterocycles. The minimum atomic E-state index is 0.0756. The van der Waals surface area contributed by atoms with Crippen molar-refractivity contribution in [1.29, 1.82) is 0 Å². The Bertz CT molecular complexity index is 645. The van der Waals surface area contributed by atoms with Crippen LogP contribution in [0, 0.1) is 5.41 Å². The van der Waals surface area contributed by atoms with Gasteiger partial charge >= 0.3 is 0 Å². The summed E-state index contributed by atoms with van der Waals surface area (Å²) in [6.07, 6.45) is 6.69. The Balaban J connectivity index is 1.57. The van der Waals surface area contributed by atoms with Gasteiger partial charge in [-0.2, -0.15) is 4.98 Å². The number of carbonyl (C=O) groups excluding carboxylic acids is 2. The number of piperidine rings is 2. The molecule has 0 saturated carbocycles. The van der Waals surface area contributed by atoms with E-state index in [-0.39, 0.29) is 23.2 Å². The van der Waals surface area contributed by atoms with Crippen LogP contribution in [0.25, 0.3) is 0 Å². The number of hydrogen-bond donors (Lipinski definition) is 2. The summed E-state index contributed by atoms with van der Waals surface area (Å²) in [5.74, 6) is 1.28. The molecule has 0 bridgehead atoms. The van der Waals surface area contributed by atoms with Crippen LogP contribution in [-0.4, -0.2) is 63.0 Å². The maximum absolute atomic E-state index is 12.7. The van der Waals surface area contributed by atoms with E-state index in [1.54, 1.807) is 0 Å². The molecule has 2 saturated heterocycles. The molecule has 3 rings (SSSR count). The first kappa shape index (κ1) is 18.7. The molecule has 0 aliphatic carbocycles. The zero-order chi connectivity index (χ0) is 18.6. The number of carbonyl (C=O) groups is 2. The number of likely N-dealkylation sites (tertiary alicyclic amines) is 2. The molecule has 26 heavy (non-hydrogen) atoms. The van der Waals surface area contributed by atoms with Crippen molar-refractivity contribution in [2.75, 3.05) is 31.9 Å². The summed E-state index contributed by atoms with van der Waals surface area (Å²) in [6.45, 7) is 5.36. The number of nitrogen functional groups attached to an aromatic ring is 1. The Morgan fingerprint density at radius 1 is 1.35 bits per heavy atom. The summed E-state index contributed by atoms with van der Waals surface area (Å²) in [4.78, 5) is 33.0. The number of aromatic amines is 1. The van der Waals surface area contributed by atoms with Gasteiger partial charge in [0.1, 0.15) is 5.82 Å². The first-order valence-corrected chi connectivity index (χ1v) is 9.74. The number of hydrogen-bond acceptors (Lipinski definition) is 5. The fraction of sp³-hybridized carbons (Fsp3) is 0.778. The number of amides is 2. The van der Waals surface area contributed by atoms with Crippen molar-refractivity contribution in [3.05, 3.63) is 5.82 Å². The predicted molar refractivity (Wildman–Crippen MR) is 98.1 cm³/mol. The zero-order valence-corrected chi connectivity index (χ0v) is 15.7. The van der Waals surface area contributed by atoms with Crippen molar-refractivity contribution in [2.45, 2.75) is 58.3 Å². The van der Waals surface area contributed by atoms with E-state index < -0.39 is 0 Å². The summed E-state index contributed by atoms with van der Waals surface area (Å²) in [7, 11) is 0. The maximum atomic E-state index is 12.7. The van der Waals surface area contributed by atoms with Gasteiger partial charge in [0.2, 0.25) is 17.8 Å². The molecule has 1 spiro atoms. The van der Waals surface area contributed by atoms with Crippen LogP contribution in [0.3, 0.4) is 0 Å². The first-order chi connectivity index (χ1) is 12.5. The lowest BCUT2D eigenvalue weighted by atomic mass is 9.73. The van der Waals surface area contributed by atoms with Gasteiger partial charge in [0.15, 0.2) is 0 Å². The number of anilines is 1. The SMILES string of the molecule is CCCCN1CC2(CCCN(C(=O)CCc3nc(N)n[nH]3)C2)CCC1=O. The van der Waals surface area contributed by atoms with Gasteiger partial charge in [0.25, 0.3) is 0 Å². The van der Waals surface area contributed by atoms with Crippen LogP contribution in [0.5, 0.6) is 0 Å². The summed E-state index contributed by atoms with van der Waals surface area (Å²) >= 11 is 0. The van der Waals surface area contributed by atoms with Gasteiger partial charge in [-0.15, -0.1) is 5.10 Å². The van der Waals surface area contributed by atoms with Gasteiger partial charge < -0.3 is 15.5 Å². The van der Waals surface area contributed by atoms with E-state index in [4.69, 9.17) is 5.73 Å². The molecule has 2 aliphatic rings. The Kier molecular flexibility index (Phi) is 5.78. The Hall–Kier alpha value is -2.12. The predicted octanol–water partition coefficient (Wildman–Crippen LogP) is 1.35. The van der Waals surface area contributed by atoms with Crippen molar-refractivity contribution in [2.24, 2.45) is 5.41 Å². The average Bonchev–Trinajstić information content (AvgIpc) is 3.06. The smallest absolute Gasteiger partial charge is 0.239 e. The van der Waals surface area contributed by atoms with Crippen LogP contribution in [0.4, 0.5) is 5.95 Å². The second-order valence-electron chi connectivity index (χ2n) is 7.73. The normalized spacial score (nSPS) is 23.7. The summed E-state index contributed by atoms with van der Waals surface area (Å²) < 4.78 is 0. The average molecular weight is 362 g/mol. The van der Waals surface area contributed by atoms with Crippen LogP contribution in [-0.2, 0) is 16.0 Å². The Morgan fingerprint density at radius 2 is 2.19 bits per heavy atom. The molecule has 1 aromatic heterocycles. The Labute approximate surface area is 154 Å². The van der Waals surface area contributed by atoms with Crippen molar-refractivity contribution in [1.82, 2.24) is 25.0 Å². The number of rotatable bonds is 6. The zero-order valence-electron chi connectivity index (χ0n) is 15.7. The number of aromatic nitrogens is 3. The van der Waals surface area contributed by atoms with Gasteiger partial charge in [-0.25, -0.2) is 0 Å². The maximum Gasteiger partial charge on any atom is 0.239 e. The Morgan fingerprint density at radius 3 is 2.92 bits per heavy atom. The van der Waals surface area contributed by atoms with Crippen LogP contribution >= 0.6 is 0 Å². The van der Waals surface area contributed by atoms with Gasteiger partial charge in [0.05, 0.1) is 0 Å². The van der Waals surface area contributed by atoms with Crippen LogP contribution in [0.15, 0.2) is 0 Å². The first-order valence-electron chi connectivity index (χ1n) is 9.74. The number of nitrogens with one attached hydrogen (secondary N) is 1. The van der Waals surface area contributed by atoms with Gasteiger partial charge in [0, 0.05) is 50.9 Å². The van der Waals surface area contributed by atoms with E-state index in [9.17, 15) is 9.59 Å². The second-order valence-corrected chi connectivity index (χ2v) is 7.73. The van der Waals surface area contributed by atoms with E-state index in [2.05, 4.69) is 22.1 Å². The molecule has 0 radical (unpaired) electrons. The highest BCUT2D eigenvalue weighted by Gasteiger charge is 2.42. The molecule has 1 atom stereocenters. The van der Waals surface area contributed by atoms with Crippen LogP contribution < -0.4 is 5.73 Å². The van der Waals surface area contributed by atoms with Crippen molar-refractivity contribution in [3.8, 4) is 0 Å². The van der Waals surface area contributed by atoms with E-state index in [0.717, 1.165) is 58.3 Å². The van der Waals surface area contributed by atoms with Crippen molar-refractivity contribution in [3.63, 3.8) is 0 Å². The third-order valence-corrected chi connectivity index (χ3v) is 5.67. The number of unbranched alkanes of at least 4 members (excludes halogenated alkanes) is 1. The number of H-pyrrole nitrogens is 1. The molecule has 144 valence electrons. The van der Waals surface area contributed by atoms with Crippen molar-refractivity contribution < 1.29 is 9.59 Å². The van der Waals surface area contributed by atoms with E-state index in [1.807, 2.05) is 9.80 Å². The molecule has 1 aromatic rings. The molecule has 3 heterocycles. The fourth-order valence-electron chi connectivity index (χ4n) is 4.21. The monoisotopic (exact) mass is 362 g/mol. The highest BCUT2D eigenvalue weighted by atomic mass is 16.2. The largest absolute Gasteiger partial charge is 0.367 e. The molecule has 2 fully saturated rings. The fourth-order valence-corrected chi connectivity index (χ4v) is 4.21. The summed E-state index contributed by atoms with van der Waals surface area (Å²) in [5, 5.41) is 6.54. The summed E-state index contributed by atoms with van der Waals surface area (Å²) in [6, 6.07) is 0. The molecular weight excluding hydrogens is 332 g/mol. The standard InChI is InChI=1S/C18H30N6O2/c1-2-3-10-23-12-18(9-7-16(23)26)8-4-11-24(13-18)15(25)6-5-14-20-17(19)22-21-14/h2-13H2,1H3,(H3,19,20,21,22). The van der Waals surface area contributed by atoms with Crippen LogP contribution in [0.2, 0.25) is 0 Å². The molecule has 8 nitrogen and oxygen atoms in total. The summed E-state index contributed by atoms with van der Waals surface area (Å²) in [5.41, 5.74) is 5.57. The van der Waals surface area contributed by atoms with E-state index >= 15 is 0 Å². The van der Waals surface area contributed by atoms with Gasteiger partial charge in [-0.3, -0.25) is 14.7 Å². The highest BCUT2D eigenvalue weighted by Crippen LogP contribution is 2.39. The molecular formula is C18H30N6O2. The second kappa shape index (κ2) is 8.05. The lowest BCUT2D eigenvalue weighted by Gasteiger charge is -2.48. The van der Waals surface area contributed by atoms with E-state index in [0.29, 0.717) is 25.1 Å². The third kappa shape index (κ3) is 4.34. The molecule has 1 unspecified atom stereocenters. The van der Waals surface area contributed by atoms with Gasteiger partial charge in [-0.05, 0) is 25.7 Å². The lowest BCUT2D eigenvalue weighted by molar-refractivity contribution is -0.143. The van der Waals surface area contributed by atoms with E-state index in [1.165, 1.54) is 0 Å². The minimum absolute atomic E-state index is 0.0756. The van der Waals surface area contributed by atoms with Gasteiger partial charge in [-0.1, -0.05) is 13.3 Å². The lowest BCUT2D eigenvalue weighted by Crippen LogP contribution is -2.55. The highest BCUT2D eigenvalue weighted by molar-refractivity contribution is 5.78. The van der Waals surface area contributed by atoms with Crippen LogP contribution in [0.1, 0.15) is 57.7 Å². The van der Waals surface area contributed by atoms with Crippen molar-refractivity contribution >= 4 is 17.8 Å². The third-order valence-electron chi connectivity index (χ3n) is 5.67. The quantitative estimate of drug-likeness (QED) is 0.794. The molecule has 8 heteroatoms.